The van der Waals surface area contributed by atoms with Crippen LogP contribution in [0.4, 0.5) is 4.39 Å². The van der Waals surface area contributed by atoms with Crippen molar-refractivity contribution in [2.75, 3.05) is 0 Å². The normalized spacial score (nSPS) is 17.4. The molecule has 1 fully saturated rings. The lowest BCUT2D eigenvalue weighted by atomic mass is 9.78. The maximum atomic E-state index is 13.6. The monoisotopic (exact) mass is 243 g/mol. The molecule has 3 nitrogen and oxygen atoms in total. The summed E-state index contributed by atoms with van der Waals surface area (Å²) < 4.78 is 15.7. The maximum Gasteiger partial charge on any atom is 0.143 e. The molecule has 4 heteroatoms. The predicted molar refractivity (Wildman–Crippen MR) is 66.6 cm³/mol. The molecule has 0 unspecified atom stereocenters. The molecule has 2 aromatic rings. The average Bonchev–Trinajstić information content (AvgIpc) is 2.60. The Morgan fingerprint density at radius 1 is 1.44 bits per heavy atom. The highest BCUT2D eigenvalue weighted by atomic mass is 19.1. The Balaban J connectivity index is 2.32. The molecule has 1 heterocycles. The summed E-state index contributed by atoms with van der Waals surface area (Å²) in [6.07, 6.45) is 3.43. The van der Waals surface area contributed by atoms with Gasteiger partial charge >= 0.3 is 0 Å². The van der Waals surface area contributed by atoms with Crippen molar-refractivity contribution in [3.05, 3.63) is 29.3 Å². The van der Waals surface area contributed by atoms with E-state index in [4.69, 9.17) is 5.26 Å². The second-order valence-corrected chi connectivity index (χ2v) is 5.28. The topological polar surface area (TPSA) is 41.6 Å². The van der Waals surface area contributed by atoms with E-state index in [1.807, 2.05) is 13.0 Å². The molecular weight excluding hydrogens is 229 g/mol. The first-order valence-electron chi connectivity index (χ1n) is 6.14. The fourth-order valence-corrected chi connectivity index (χ4v) is 2.90. The average molecular weight is 243 g/mol. The second kappa shape index (κ2) is 3.55. The molecule has 0 spiro atoms. The predicted octanol–water partition coefficient (Wildman–Crippen LogP) is 3.25. The van der Waals surface area contributed by atoms with Crippen LogP contribution >= 0.6 is 0 Å². The van der Waals surface area contributed by atoms with Gasteiger partial charge in [0.2, 0.25) is 0 Å². The third-order valence-electron chi connectivity index (χ3n) is 4.00. The van der Waals surface area contributed by atoms with Gasteiger partial charge in [-0.25, -0.2) is 9.37 Å². The van der Waals surface area contributed by atoms with Crippen LogP contribution in [0.25, 0.3) is 11.0 Å². The Morgan fingerprint density at radius 3 is 2.72 bits per heavy atom. The summed E-state index contributed by atoms with van der Waals surface area (Å²) in [5, 5.41) is 8.93. The first-order valence-corrected chi connectivity index (χ1v) is 6.14. The lowest BCUT2D eigenvalue weighted by molar-refractivity contribution is 0.171. The summed E-state index contributed by atoms with van der Waals surface area (Å²) in [7, 11) is 0. The number of rotatable bonds is 1. The van der Waals surface area contributed by atoms with E-state index in [0.29, 0.717) is 5.52 Å². The van der Waals surface area contributed by atoms with E-state index in [9.17, 15) is 4.39 Å². The highest BCUT2D eigenvalue weighted by Gasteiger charge is 2.36. The summed E-state index contributed by atoms with van der Waals surface area (Å²) in [5.74, 6) is 0.398. The third-order valence-corrected chi connectivity index (χ3v) is 4.00. The molecule has 18 heavy (non-hydrogen) atoms. The van der Waals surface area contributed by atoms with Crippen LogP contribution in [-0.4, -0.2) is 9.55 Å². The van der Waals surface area contributed by atoms with Crippen LogP contribution in [0.15, 0.2) is 12.1 Å². The molecule has 1 saturated carbocycles. The van der Waals surface area contributed by atoms with Gasteiger partial charge in [0, 0.05) is 11.6 Å². The van der Waals surface area contributed by atoms with E-state index in [1.165, 1.54) is 12.5 Å². The molecule has 1 aromatic carbocycles. The number of halogens is 1. The zero-order valence-electron chi connectivity index (χ0n) is 10.5. The number of fused-ring (bicyclic) bond motifs is 1. The molecule has 0 atom stereocenters. The summed E-state index contributed by atoms with van der Waals surface area (Å²) in [6, 6.07) is 4.88. The largest absolute Gasteiger partial charge is 0.322 e. The lowest BCUT2D eigenvalue weighted by Crippen LogP contribution is -2.37. The second-order valence-electron chi connectivity index (χ2n) is 5.28. The van der Waals surface area contributed by atoms with Crippen LogP contribution in [-0.2, 0) is 5.54 Å². The van der Waals surface area contributed by atoms with Crippen molar-refractivity contribution in [2.24, 2.45) is 0 Å². The number of nitrogens with zero attached hydrogens (tertiary/aromatic N) is 3. The van der Waals surface area contributed by atoms with Crippen molar-refractivity contribution < 1.29 is 4.39 Å². The van der Waals surface area contributed by atoms with Gasteiger partial charge in [-0.15, -0.1) is 0 Å². The van der Waals surface area contributed by atoms with Gasteiger partial charge in [-0.05, 0) is 39.2 Å². The number of hydrogen-bond donors (Lipinski definition) is 0. The Morgan fingerprint density at radius 2 is 2.17 bits per heavy atom. The standard InChI is InChI=1S/C14H14FN3/c1-9-17-12-7-11(15)10(8-16)6-13(12)18(9)14(2)4-3-5-14/h6-7H,3-5H2,1-2H3. The van der Waals surface area contributed by atoms with Gasteiger partial charge in [0.05, 0.1) is 16.6 Å². The van der Waals surface area contributed by atoms with E-state index in [0.717, 1.165) is 24.2 Å². The zero-order valence-corrected chi connectivity index (χ0v) is 10.5. The summed E-state index contributed by atoms with van der Waals surface area (Å²) in [5.41, 5.74) is 1.67. The summed E-state index contributed by atoms with van der Waals surface area (Å²) in [4.78, 5) is 4.41. The van der Waals surface area contributed by atoms with Crippen molar-refractivity contribution in [3.8, 4) is 6.07 Å². The molecule has 0 saturated heterocycles. The molecule has 0 N–H and O–H groups in total. The molecule has 0 amide bonds. The Kier molecular flexibility index (Phi) is 2.21. The van der Waals surface area contributed by atoms with Gasteiger partial charge in [0.25, 0.3) is 0 Å². The van der Waals surface area contributed by atoms with Crippen molar-refractivity contribution in [1.82, 2.24) is 9.55 Å². The molecule has 1 aliphatic carbocycles. The van der Waals surface area contributed by atoms with Crippen LogP contribution in [0.2, 0.25) is 0 Å². The molecule has 0 bridgehead atoms. The molecule has 0 aliphatic heterocycles. The van der Waals surface area contributed by atoms with Crippen LogP contribution in [0.3, 0.4) is 0 Å². The first-order chi connectivity index (χ1) is 8.55. The third kappa shape index (κ3) is 1.37. The van der Waals surface area contributed by atoms with Gasteiger partial charge in [0.1, 0.15) is 17.7 Å². The van der Waals surface area contributed by atoms with Gasteiger partial charge < -0.3 is 4.57 Å². The molecular formula is C14H14FN3. The number of hydrogen-bond acceptors (Lipinski definition) is 2. The smallest absolute Gasteiger partial charge is 0.143 e. The number of benzene rings is 1. The van der Waals surface area contributed by atoms with E-state index < -0.39 is 5.82 Å². The number of aromatic nitrogens is 2. The zero-order chi connectivity index (χ0) is 12.9. The van der Waals surface area contributed by atoms with E-state index in [1.54, 1.807) is 6.07 Å². The van der Waals surface area contributed by atoms with E-state index >= 15 is 0 Å². The van der Waals surface area contributed by atoms with Crippen molar-refractivity contribution in [2.45, 2.75) is 38.6 Å². The highest BCUT2D eigenvalue weighted by Crippen LogP contribution is 2.41. The van der Waals surface area contributed by atoms with Gasteiger partial charge in [-0.2, -0.15) is 5.26 Å². The SMILES string of the molecule is Cc1nc2cc(F)c(C#N)cc2n1C1(C)CCC1. The van der Waals surface area contributed by atoms with E-state index in [2.05, 4.69) is 16.5 Å². The first kappa shape index (κ1) is 11.2. The van der Waals surface area contributed by atoms with Crippen LogP contribution in [0.1, 0.15) is 37.6 Å². The van der Waals surface area contributed by atoms with Crippen molar-refractivity contribution >= 4 is 11.0 Å². The van der Waals surface area contributed by atoms with Crippen LogP contribution in [0, 0.1) is 24.1 Å². The molecule has 1 aliphatic rings. The van der Waals surface area contributed by atoms with Crippen LogP contribution in [0.5, 0.6) is 0 Å². The summed E-state index contributed by atoms with van der Waals surface area (Å²) >= 11 is 0. The number of imidazole rings is 1. The fourth-order valence-electron chi connectivity index (χ4n) is 2.90. The number of nitriles is 1. The quantitative estimate of drug-likeness (QED) is 0.771. The molecule has 92 valence electrons. The van der Waals surface area contributed by atoms with Crippen molar-refractivity contribution in [1.29, 1.82) is 5.26 Å². The molecule has 1 aromatic heterocycles. The van der Waals surface area contributed by atoms with Gasteiger partial charge in [-0.3, -0.25) is 0 Å². The van der Waals surface area contributed by atoms with Crippen molar-refractivity contribution in [3.63, 3.8) is 0 Å². The Labute approximate surface area is 105 Å². The number of aryl methyl sites for hydroxylation is 1. The minimum absolute atomic E-state index is 0.0728. The summed E-state index contributed by atoms with van der Waals surface area (Å²) in [6.45, 7) is 4.13. The van der Waals surface area contributed by atoms with E-state index in [-0.39, 0.29) is 11.1 Å². The van der Waals surface area contributed by atoms with Gasteiger partial charge in [-0.1, -0.05) is 0 Å². The van der Waals surface area contributed by atoms with Crippen LogP contribution < -0.4 is 0 Å². The molecule has 3 rings (SSSR count). The minimum Gasteiger partial charge on any atom is -0.322 e. The molecule has 0 radical (unpaired) electrons. The Bertz CT molecular complexity index is 674. The highest BCUT2D eigenvalue weighted by molar-refractivity contribution is 5.78. The Hall–Kier alpha value is -1.89. The maximum absolute atomic E-state index is 13.6. The fraction of sp³-hybridized carbons (Fsp3) is 0.429. The lowest BCUT2D eigenvalue weighted by Gasteiger charge is -2.41. The van der Waals surface area contributed by atoms with Gasteiger partial charge in [0.15, 0.2) is 0 Å². The minimum atomic E-state index is -0.492.